The molecular weight excluding hydrogens is 1410 g/mol. The summed E-state index contributed by atoms with van der Waals surface area (Å²) in [5.74, 6) is -0.232. The van der Waals surface area contributed by atoms with E-state index in [-0.39, 0.29) is 18.9 Å². The van der Waals surface area contributed by atoms with Crippen LogP contribution in [0.5, 0.6) is 0 Å². The lowest BCUT2D eigenvalue weighted by molar-refractivity contribution is -0.379. The molecule has 19 heteroatoms. The van der Waals surface area contributed by atoms with Crippen LogP contribution in [0.15, 0.2) is 24.3 Å². The zero-order valence-electron chi connectivity index (χ0n) is 71.0. The van der Waals surface area contributed by atoms with Gasteiger partial charge in [-0.25, -0.2) is 0 Å². The summed E-state index contributed by atoms with van der Waals surface area (Å²) in [6.07, 6.45) is 64.4. The van der Waals surface area contributed by atoms with Crippen LogP contribution < -0.4 is 5.32 Å². The first-order valence-electron chi connectivity index (χ1n) is 47.1. The number of aliphatic hydroxyl groups is 11. The average Bonchev–Trinajstić information content (AvgIpc) is 0.780. The lowest BCUT2D eigenvalue weighted by Gasteiger charge is -2.48. The summed E-state index contributed by atoms with van der Waals surface area (Å²) in [6.45, 7) is 1.87. The molecular formula is C92H175NO18. The molecule has 12 N–H and O–H groups in total. The van der Waals surface area contributed by atoms with Crippen LogP contribution in [0.25, 0.3) is 0 Å². The fourth-order valence-corrected chi connectivity index (χ4v) is 16.3. The van der Waals surface area contributed by atoms with Crippen molar-refractivity contribution < 1.29 is 89.4 Å². The average molecular weight is 1580 g/mol. The number of ether oxygens (including phenoxy) is 6. The lowest BCUT2D eigenvalue weighted by Crippen LogP contribution is -2.66. The van der Waals surface area contributed by atoms with Gasteiger partial charge in [0.15, 0.2) is 18.9 Å². The molecule has 656 valence electrons. The van der Waals surface area contributed by atoms with E-state index < -0.39 is 124 Å². The van der Waals surface area contributed by atoms with E-state index in [4.69, 9.17) is 28.4 Å². The van der Waals surface area contributed by atoms with Gasteiger partial charge in [-0.15, -0.1) is 0 Å². The van der Waals surface area contributed by atoms with Crippen molar-refractivity contribution >= 4 is 5.91 Å². The van der Waals surface area contributed by atoms with Gasteiger partial charge in [0.05, 0.1) is 38.6 Å². The molecule has 1 amide bonds. The quantitative estimate of drug-likeness (QED) is 0.0199. The van der Waals surface area contributed by atoms with Crippen LogP contribution in [-0.4, -0.2) is 193 Å². The molecule has 19 nitrogen and oxygen atoms in total. The summed E-state index contributed by atoms with van der Waals surface area (Å²) < 4.78 is 34.6. The second-order valence-electron chi connectivity index (χ2n) is 33.8. The van der Waals surface area contributed by atoms with Crippen LogP contribution in [0.4, 0.5) is 0 Å². The third-order valence-electron chi connectivity index (χ3n) is 23.8. The van der Waals surface area contributed by atoms with Crippen LogP contribution >= 0.6 is 0 Å². The van der Waals surface area contributed by atoms with Gasteiger partial charge in [-0.2, -0.15) is 0 Å². The van der Waals surface area contributed by atoms with Crippen molar-refractivity contribution in [1.82, 2.24) is 5.32 Å². The molecule has 3 aliphatic rings. The minimum atomic E-state index is -1.97. The molecule has 3 aliphatic heterocycles. The molecule has 0 aromatic carbocycles. The molecule has 0 bridgehead atoms. The number of allylic oxidation sites excluding steroid dienone is 4. The highest BCUT2D eigenvalue weighted by atomic mass is 16.8. The number of unbranched alkanes of at least 4 members (excludes halogenated alkanes) is 58. The third kappa shape index (κ3) is 50.7. The Morgan fingerprint density at radius 3 is 0.919 bits per heavy atom. The molecule has 0 aromatic rings. The van der Waals surface area contributed by atoms with E-state index in [1.165, 1.54) is 340 Å². The highest BCUT2D eigenvalue weighted by molar-refractivity contribution is 5.76. The zero-order chi connectivity index (χ0) is 80.3. The van der Waals surface area contributed by atoms with Gasteiger partial charge in [0, 0.05) is 6.42 Å². The largest absolute Gasteiger partial charge is 0.394 e. The molecule has 111 heavy (non-hydrogen) atoms. The Kier molecular flexibility index (Phi) is 67.4. The fourth-order valence-electron chi connectivity index (χ4n) is 16.3. The van der Waals surface area contributed by atoms with Crippen LogP contribution in [-0.2, 0) is 33.2 Å². The van der Waals surface area contributed by atoms with Gasteiger partial charge in [-0.3, -0.25) is 4.79 Å². The van der Waals surface area contributed by atoms with Crippen LogP contribution in [0.1, 0.15) is 425 Å². The molecule has 0 radical (unpaired) electrons. The summed E-state index contributed by atoms with van der Waals surface area (Å²) in [4.78, 5) is 13.6. The smallest absolute Gasteiger partial charge is 0.220 e. The topological polar surface area (TPSA) is 307 Å². The van der Waals surface area contributed by atoms with Crippen LogP contribution in [0, 0.1) is 0 Å². The summed E-state index contributed by atoms with van der Waals surface area (Å²) in [5.41, 5.74) is 0. The number of amides is 1. The molecule has 0 saturated carbocycles. The molecule has 3 saturated heterocycles. The van der Waals surface area contributed by atoms with E-state index in [1.807, 2.05) is 0 Å². The van der Waals surface area contributed by atoms with Crippen molar-refractivity contribution in [3.05, 3.63) is 24.3 Å². The Morgan fingerprint density at radius 1 is 0.324 bits per heavy atom. The predicted octanol–water partition coefficient (Wildman–Crippen LogP) is 18.4. The highest BCUT2D eigenvalue weighted by Crippen LogP contribution is 2.34. The monoisotopic (exact) mass is 1580 g/mol. The van der Waals surface area contributed by atoms with Gasteiger partial charge >= 0.3 is 0 Å². The van der Waals surface area contributed by atoms with E-state index in [2.05, 4.69) is 43.5 Å². The third-order valence-corrected chi connectivity index (χ3v) is 23.8. The van der Waals surface area contributed by atoms with Crippen molar-refractivity contribution in [3.63, 3.8) is 0 Å². The minimum Gasteiger partial charge on any atom is -0.394 e. The molecule has 0 aliphatic carbocycles. The summed E-state index contributed by atoms with van der Waals surface area (Å²) in [6, 6.07) is -0.887. The summed E-state index contributed by atoms with van der Waals surface area (Å²) in [7, 11) is 0. The van der Waals surface area contributed by atoms with E-state index in [0.29, 0.717) is 12.8 Å². The first kappa shape index (κ1) is 103. The number of hydrogen-bond donors (Lipinski definition) is 12. The van der Waals surface area contributed by atoms with Crippen molar-refractivity contribution in [2.24, 2.45) is 0 Å². The number of aliphatic hydroxyl groups excluding tert-OH is 11. The number of rotatable bonds is 78. The Bertz CT molecular complexity index is 2090. The minimum absolute atomic E-state index is 0.232. The van der Waals surface area contributed by atoms with E-state index in [1.54, 1.807) is 0 Å². The first-order valence-corrected chi connectivity index (χ1v) is 47.1. The van der Waals surface area contributed by atoms with Gasteiger partial charge in [0.1, 0.15) is 73.2 Å². The molecule has 17 atom stereocenters. The Labute approximate surface area is 677 Å². The van der Waals surface area contributed by atoms with E-state index in [0.717, 1.165) is 51.4 Å². The van der Waals surface area contributed by atoms with Crippen molar-refractivity contribution in [1.29, 1.82) is 0 Å². The van der Waals surface area contributed by atoms with Gasteiger partial charge < -0.3 is 89.9 Å². The van der Waals surface area contributed by atoms with Crippen LogP contribution in [0.3, 0.4) is 0 Å². The number of hydrogen-bond acceptors (Lipinski definition) is 18. The summed E-state index contributed by atoms with van der Waals surface area (Å²) in [5, 5.41) is 121. The Hall–Kier alpha value is -1.73. The van der Waals surface area contributed by atoms with Crippen molar-refractivity contribution in [2.75, 3.05) is 26.4 Å². The molecule has 0 spiro atoms. The van der Waals surface area contributed by atoms with Gasteiger partial charge in [0.2, 0.25) is 5.91 Å². The maximum Gasteiger partial charge on any atom is 0.220 e. The second-order valence-corrected chi connectivity index (χ2v) is 33.8. The molecule has 0 aromatic heterocycles. The number of nitrogens with one attached hydrogen (secondary N) is 1. The summed E-state index contributed by atoms with van der Waals surface area (Å²) >= 11 is 0. The van der Waals surface area contributed by atoms with Gasteiger partial charge in [-0.1, -0.05) is 398 Å². The predicted molar refractivity (Wildman–Crippen MR) is 448 cm³/mol. The number of carbonyl (C=O) groups is 1. The highest BCUT2D eigenvalue weighted by Gasteiger charge is 2.54. The van der Waals surface area contributed by atoms with Crippen molar-refractivity contribution in [3.8, 4) is 0 Å². The molecule has 3 heterocycles. The maximum absolute atomic E-state index is 13.6. The lowest BCUT2D eigenvalue weighted by atomic mass is 9.96. The fraction of sp³-hybridized carbons (Fsp3) is 0.946. The van der Waals surface area contributed by atoms with Gasteiger partial charge in [-0.05, 0) is 44.9 Å². The first-order chi connectivity index (χ1) is 54.3. The maximum atomic E-state index is 13.6. The number of carbonyl (C=O) groups excluding carboxylic acids is 1. The molecule has 3 rings (SSSR count). The van der Waals surface area contributed by atoms with E-state index >= 15 is 0 Å². The Balaban J connectivity index is 1.30. The van der Waals surface area contributed by atoms with Crippen molar-refractivity contribution in [2.45, 2.75) is 529 Å². The SMILES string of the molecule is CCCCCCC/C=C\C/C=C\CCCCCCCCCCCCCCCCCCCCCCCCCC(=O)NC(COC1OC(CO)C(OC2OC(CO)C(OC3OC(CO)C(O)C(O)C3O)C(O)C2O)C(O)C1O)C(O)CCCCCCCCCCCCCCCCCCCCCCCCCCCCCCCCC. The van der Waals surface area contributed by atoms with Gasteiger partial charge in [0.25, 0.3) is 0 Å². The standard InChI is InChI=1S/C92H175NO18/c1-3-5-7-9-11-13-15-17-19-21-23-25-27-29-31-33-35-36-37-38-40-42-44-46-48-50-52-54-56-58-60-62-64-66-68-70-80(98)93-75(76(97)69-67-65-63-61-59-57-55-53-51-49-47-45-43-41-39-34-32-30-28-26-24-22-20-18-16-14-12-10-8-6-4-2)74-106-90-86(104)83(101)88(78(72-95)108-90)111-92-87(105)84(102)89(79(73-96)109-92)110-91-85(103)82(100)81(99)77(71-94)107-91/h15,17,21,23,75-79,81-92,94-97,99-105H,3-14,16,18-20,22,24-74H2,1-2H3,(H,93,98)/b17-15-,23-21-. The Morgan fingerprint density at radius 2 is 0.595 bits per heavy atom. The second kappa shape index (κ2) is 72.3. The molecule has 17 unspecified atom stereocenters. The van der Waals surface area contributed by atoms with E-state index in [9.17, 15) is 61.0 Å². The van der Waals surface area contributed by atoms with Crippen LogP contribution in [0.2, 0.25) is 0 Å². The normalized spacial score (nSPS) is 25.1. The molecule has 3 fully saturated rings. The zero-order valence-corrected chi connectivity index (χ0v) is 71.0.